The van der Waals surface area contributed by atoms with Crippen LogP contribution in [-0.2, 0) is 27.1 Å². The van der Waals surface area contributed by atoms with Gasteiger partial charge in [0.15, 0.2) is 0 Å². The number of carbonyl (C=O) groups excluding carboxylic acids is 1. The third kappa shape index (κ3) is 11.0. The summed E-state index contributed by atoms with van der Waals surface area (Å²) in [6, 6.07) is 3.65. The van der Waals surface area contributed by atoms with Crippen LogP contribution in [0.3, 0.4) is 0 Å². The molecule has 3 heterocycles. The smallest absolute Gasteiger partial charge is 0.329 e. The van der Waals surface area contributed by atoms with E-state index in [1.165, 1.54) is 12.7 Å². The highest BCUT2D eigenvalue weighted by atomic mass is 19.1. The standard InChI is InChI=1S/C29H45FN6O3/c1-21-17-31-18-26(33-21)35-25(28(37)39-29(2,3)4)13-16-36(19-23(30)20-38-5)15-7-6-10-24-12-11-22-9-8-14-32-27(22)34-24/h11-12,17-18,23,25H,6-10,13-16,19-20H2,1-5H3,(H,32,34)(H,33,35). The first kappa shape index (κ1) is 30.7. The van der Waals surface area contributed by atoms with Gasteiger partial charge in [-0.2, -0.15) is 0 Å². The molecule has 2 aromatic rings. The molecule has 0 fully saturated rings. The molecule has 0 saturated carbocycles. The van der Waals surface area contributed by atoms with Crippen LogP contribution in [0.2, 0.25) is 0 Å². The van der Waals surface area contributed by atoms with Gasteiger partial charge in [-0.15, -0.1) is 0 Å². The van der Waals surface area contributed by atoms with Crippen molar-refractivity contribution in [3.8, 4) is 0 Å². The number of hydrogen-bond acceptors (Lipinski definition) is 9. The van der Waals surface area contributed by atoms with Crippen LogP contribution >= 0.6 is 0 Å². The highest BCUT2D eigenvalue weighted by Crippen LogP contribution is 2.20. The molecule has 1 aliphatic rings. The Labute approximate surface area is 232 Å². The fourth-order valence-corrected chi connectivity index (χ4v) is 4.60. The molecular formula is C29H45FN6O3. The largest absolute Gasteiger partial charge is 0.458 e. The minimum absolute atomic E-state index is 0.0369. The Bertz CT molecular complexity index is 1050. The predicted molar refractivity (Wildman–Crippen MR) is 152 cm³/mol. The van der Waals surface area contributed by atoms with Crippen LogP contribution in [0.25, 0.3) is 0 Å². The number of aryl methyl sites for hydroxylation is 3. The minimum atomic E-state index is -1.11. The first-order chi connectivity index (χ1) is 18.6. The number of esters is 1. The molecule has 0 saturated heterocycles. The van der Waals surface area contributed by atoms with Crippen molar-refractivity contribution in [1.29, 1.82) is 0 Å². The van der Waals surface area contributed by atoms with Gasteiger partial charge in [-0.25, -0.2) is 19.2 Å². The lowest BCUT2D eigenvalue weighted by molar-refractivity contribution is -0.156. The molecule has 0 amide bonds. The van der Waals surface area contributed by atoms with Crippen molar-refractivity contribution in [2.75, 3.05) is 50.5 Å². The molecule has 2 unspecified atom stereocenters. The Kier molecular flexibility index (Phi) is 11.9. The topological polar surface area (TPSA) is 102 Å². The molecule has 2 atom stereocenters. The van der Waals surface area contributed by atoms with Crippen LogP contribution in [0.5, 0.6) is 0 Å². The minimum Gasteiger partial charge on any atom is -0.458 e. The Balaban J connectivity index is 1.59. The lowest BCUT2D eigenvalue weighted by Gasteiger charge is -2.28. The van der Waals surface area contributed by atoms with Crippen molar-refractivity contribution in [3.63, 3.8) is 0 Å². The van der Waals surface area contributed by atoms with E-state index in [1.54, 1.807) is 12.4 Å². The van der Waals surface area contributed by atoms with E-state index in [1.807, 2.05) is 27.7 Å². The average molecular weight is 545 g/mol. The molecule has 0 aromatic carbocycles. The number of unbranched alkanes of at least 4 members (excludes halogenated alkanes) is 1. The first-order valence-corrected chi connectivity index (χ1v) is 14.0. The number of methoxy groups -OCH3 is 1. The van der Waals surface area contributed by atoms with Crippen molar-refractivity contribution in [2.45, 2.75) is 84.0 Å². The van der Waals surface area contributed by atoms with Crippen LogP contribution in [0.4, 0.5) is 16.0 Å². The zero-order valence-electron chi connectivity index (χ0n) is 24.1. The number of aromatic nitrogens is 3. The number of rotatable bonds is 15. The van der Waals surface area contributed by atoms with E-state index in [-0.39, 0.29) is 19.1 Å². The second kappa shape index (κ2) is 15.1. The quantitative estimate of drug-likeness (QED) is 0.250. The second-order valence-electron chi connectivity index (χ2n) is 11.2. The summed E-state index contributed by atoms with van der Waals surface area (Å²) in [6.07, 6.45) is 7.48. The molecule has 0 aliphatic carbocycles. The zero-order valence-corrected chi connectivity index (χ0v) is 24.1. The van der Waals surface area contributed by atoms with Gasteiger partial charge < -0.3 is 25.0 Å². The number of fused-ring (bicyclic) bond motifs is 1. The maximum Gasteiger partial charge on any atom is 0.329 e. The number of hydrogen-bond donors (Lipinski definition) is 2. The van der Waals surface area contributed by atoms with Crippen molar-refractivity contribution in [1.82, 2.24) is 19.9 Å². The summed E-state index contributed by atoms with van der Waals surface area (Å²) in [5.74, 6) is 1.15. The Hall–Kier alpha value is -2.85. The van der Waals surface area contributed by atoms with Crippen molar-refractivity contribution in [2.24, 2.45) is 0 Å². The summed E-state index contributed by atoms with van der Waals surface area (Å²) in [5.41, 5.74) is 2.48. The number of carbonyl (C=O) groups is 1. The summed E-state index contributed by atoms with van der Waals surface area (Å²) in [6.45, 7) is 9.83. The number of halogens is 1. The highest BCUT2D eigenvalue weighted by molar-refractivity contribution is 5.79. The third-order valence-corrected chi connectivity index (χ3v) is 6.42. The van der Waals surface area contributed by atoms with Crippen LogP contribution < -0.4 is 10.6 Å². The first-order valence-electron chi connectivity index (χ1n) is 14.0. The van der Waals surface area contributed by atoms with Crippen molar-refractivity contribution >= 4 is 17.6 Å². The van der Waals surface area contributed by atoms with Gasteiger partial charge in [-0.3, -0.25) is 4.98 Å². The molecule has 10 heteroatoms. The summed E-state index contributed by atoms with van der Waals surface area (Å²) in [7, 11) is 1.50. The van der Waals surface area contributed by atoms with Crippen LogP contribution in [0, 0.1) is 6.92 Å². The highest BCUT2D eigenvalue weighted by Gasteiger charge is 2.27. The van der Waals surface area contributed by atoms with Crippen molar-refractivity contribution < 1.29 is 18.7 Å². The third-order valence-electron chi connectivity index (χ3n) is 6.42. The molecule has 0 bridgehead atoms. The Morgan fingerprint density at radius 3 is 2.77 bits per heavy atom. The zero-order chi connectivity index (χ0) is 28.3. The number of nitrogens with one attached hydrogen (secondary N) is 2. The van der Waals surface area contributed by atoms with Gasteiger partial charge >= 0.3 is 5.97 Å². The fourth-order valence-electron chi connectivity index (χ4n) is 4.60. The summed E-state index contributed by atoms with van der Waals surface area (Å²) in [5, 5.41) is 6.57. The number of anilines is 2. The SMILES string of the molecule is COCC(F)CN(CCCCc1ccc2c(n1)NCCC2)CCC(Nc1cncc(C)n1)C(=O)OC(C)(C)C. The molecule has 216 valence electrons. The summed E-state index contributed by atoms with van der Waals surface area (Å²) < 4.78 is 25.3. The van der Waals surface area contributed by atoms with Gasteiger partial charge in [0, 0.05) is 38.6 Å². The molecule has 39 heavy (non-hydrogen) atoms. The van der Waals surface area contributed by atoms with Gasteiger partial charge in [0.05, 0.1) is 18.5 Å². The maximum atomic E-state index is 14.6. The van der Waals surface area contributed by atoms with E-state index in [2.05, 4.69) is 37.6 Å². The van der Waals surface area contributed by atoms with Crippen LogP contribution in [0.1, 0.15) is 63.4 Å². The molecule has 0 spiro atoms. The Morgan fingerprint density at radius 1 is 1.21 bits per heavy atom. The molecule has 0 radical (unpaired) electrons. The van der Waals surface area contributed by atoms with E-state index in [9.17, 15) is 9.18 Å². The molecule has 2 aromatic heterocycles. The van der Waals surface area contributed by atoms with Crippen molar-refractivity contribution in [3.05, 3.63) is 41.5 Å². The number of nitrogens with zero attached hydrogens (tertiary/aromatic N) is 4. The number of ether oxygens (including phenoxy) is 2. The van der Waals surface area contributed by atoms with Crippen LogP contribution in [-0.4, -0.2) is 83.5 Å². The molecular weight excluding hydrogens is 499 g/mol. The van der Waals surface area contributed by atoms with E-state index in [0.717, 1.165) is 55.9 Å². The molecule has 3 rings (SSSR count). The van der Waals surface area contributed by atoms with E-state index in [0.29, 0.717) is 25.3 Å². The number of alkyl halides is 1. The van der Waals surface area contributed by atoms with Gasteiger partial charge in [0.2, 0.25) is 0 Å². The maximum absolute atomic E-state index is 14.6. The Morgan fingerprint density at radius 2 is 2.03 bits per heavy atom. The predicted octanol–water partition coefficient (Wildman–Crippen LogP) is 4.36. The van der Waals surface area contributed by atoms with Gasteiger partial charge in [0.1, 0.15) is 29.5 Å². The van der Waals surface area contributed by atoms with Crippen LogP contribution in [0.15, 0.2) is 24.5 Å². The normalized spacial score (nSPS) is 14.8. The summed E-state index contributed by atoms with van der Waals surface area (Å²) >= 11 is 0. The van der Waals surface area contributed by atoms with E-state index in [4.69, 9.17) is 14.5 Å². The van der Waals surface area contributed by atoms with Gasteiger partial charge in [-0.1, -0.05) is 6.07 Å². The molecule has 1 aliphatic heterocycles. The average Bonchev–Trinajstić information content (AvgIpc) is 2.87. The summed E-state index contributed by atoms with van der Waals surface area (Å²) in [4.78, 5) is 28.5. The van der Waals surface area contributed by atoms with E-state index < -0.39 is 17.8 Å². The lowest BCUT2D eigenvalue weighted by Crippen LogP contribution is -2.41. The molecule has 2 N–H and O–H groups in total. The lowest BCUT2D eigenvalue weighted by atomic mass is 10.1. The van der Waals surface area contributed by atoms with Gasteiger partial charge in [0.25, 0.3) is 0 Å². The van der Waals surface area contributed by atoms with Gasteiger partial charge in [-0.05, 0) is 84.4 Å². The van der Waals surface area contributed by atoms with E-state index >= 15 is 0 Å². The molecule has 9 nitrogen and oxygen atoms in total. The fraction of sp³-hybridized carbons (Fsp3) is 0.655. The monoisotopic (exact) mass is 544 g/mol. The number of pyridine rings is 1. The second-order valence-corrected chi connectivity index (χ2v) is 11.2.